The molecule has 188 valence electrons. The van der Waals surface area contributed by atoms with E-state index in [-0.39, 0.29) is 12.4 Å². The van der Waals surface area contributed by atoms with Crippen LogP contribution in [0.25, 0.3) is 0 Å². The minimum atomic E-state index is 0. The summed E-state index contributed by atoms with van der Waals surface area (Å²) in [7, 11) is 0. The summed E-state index contributed by atoms with van der Waals surface area (Å²) in [5.74, 6) is 0. The van der Waals surface area contributed by atoms with E-state index in [0.717, 1.165) is 6.54 Å². The third-order valence-electron chi connectivity index (χ3n) is 6.39. The zero-order valence-electron chi connectivity index (χ0n) is 20.9. The van der Waals surface area contributed by atoms with E-state index >= 15 is 0 Å². The van der Waals surface area contributed by atoms with Crippen molar-refractivity contribution in [2.75, 3.05) is 0 Å². The first-order chi connectivity index (χ1) is 15.2. The van der Waals surface area contributed by atoms with Gasteiger partial charge in [0.25, 0.3) is 0 Å². The number of rotatable bonds is 21. The lowest BCUT2D eigenvalue weighted by molar-refractivity contribution is 0.410. The Morgan fingerprint density at radius 2 is 1.06 bits per heavy atom. The Labute approximate surface area is 216 Å². The standard InChI is InChI=1S/C28H49Cl2N.ClH/c1-3-5-7-9-11-13-15-17-19-26(20-18-16-14-12-10-8-6-4-2)31-24-25-21-22-27(29)28(30)23-25;/h21-23,26,31H,3-20,24H2,1-2H3;1H. The van der Waals surface area contributed by atoms with Gasteiger partial charge >= 0.3 is 0 Å². The summed E-state index contributed by atoms with van der Waals surface area (Å²) in [5, 5.41) is 5.11. The highest BCUT2D eigenvalue weighted by Gasteiger charge is 2.09. The van der Waals surface area contributed by atoms with Crippen LogP contribution in [-0.2, 0) is 6.54 Å². The van der Waals surface area contributed by atoms with Crippen molar-refractivity contribution in [2.24, 2.45) is 0 Å². The van der Waals surface area contributed by atoms with E-state index < -0.39 is 0 Å². The van der Waals surface area contributed by atoms with Gasteiger partial charge in [-0.1, -0.05) is 146 Å². The average Bonchev–Trinajstić information content (AvgIpc) is 2.77. The number of halogens is 3. The van der Waals surface area contributed by atoms with E-state index in [2.05, 4.69) is 25.2 Å². The lowest BCUT2D eigenvalue weighted by Crippen LogP contribution is -2.28. The maximum atomic E-state index is 6.20. The quantitative estimate of drug-likeness (QED) is 0.163. The fourth-order valence-corrected chi connectivity index (χ4v) is 4.63. The molecule has 0 saturated carbocycles. The normalized spacial score (nSPS) is 11.2. The zero-order valence-corrected chi connectivity index (χ0v) is 23.2. The smallest absolute Gasteiger partial charge is 0.0595 e. The van der Waals surface area contributed by atoms with Crippen molar-refractivity contribution < 1.29 is 0 Å². The average molecular weight is 507 g/mol. The summed E-state index contributed by atoms with van der Waals surface area (Å²) in [6, 6.07) is 6.62. The van der Waals surface area contributed by atoms with Crippen molar-refractivity contribution >= 4 is 35.6 Å². The van der Waals surface area contributed by atoms with E-state index in [0.29, 0.717) is 16.1 Å². The highest BCUT2D eigenvalue weighted by molar-refractivity contribution is 6.42. The predicted molar refractivity (Wildman–Crippen MR) is 149 cm³/mol. The molecule has 0 bridgehead atoms. The van der Waals surface area contributed by atoms with Crippen molar-refractivity contribution in [1.29, 1.82) is 0 Å². The van der Waals surface area contributed by atoms with Crippen LogP contribution in [-0.4, -0.2) is 6.04 Å². The Kier molecular flexibility index (Phi) is 22.9. The predicted octanol–water partition coefficient (Wildman–Crippen LogP) is 10.9. The SMILES string of the molecule is CCCCCCCCCCC(CCCCCCCCCC)NCc1ccc(Cl)c(Cl)c1.Cl. The van der Waals surface area contributed by atoms with Gasteiger partial charge < -0.3 is 5.32 Å². The van der Waals surface area contributed by atoms with E-state index in [1.54, 1.807) is 0 Å². The molecule has 0 aromatic heterocycles. The van der Waals surface area contributed by atoms with Gasteiger partial charge in [-0.2, -0.15) is 0 Å². The number of hydrogen-bond acceptors (Lipinski definition) is 1. The summed E-state index contributed by atoms with van der Waals surface area (Å²) in [6.45, 7) is 5.46. The summed E-state index contributed by atoms with van der Waals surface area (Å²) < 4.78 is 0. The van der Waals surface area contributed by atoms with E-state index in [9.17, 15) is 0 Å². The molecule has 0 aliphatic heterocycles. The fraction of sp³-hybridized carbons (Fsp3) is 0.786. The van der Waals surface area contributed by atoms with Crippen LogP contribution in [0.5, 0.6) is 0 Å². The molecule has 0 fully saturated rings. The number of nitrogens with one attached hydrogen (secondary N) is 1. The van der Waals surface area contributed by atoms with Gasteiger partial charge in [-0.05, 0) is 30.5 Å². The van der Waals surface area contributed by atoms with Crippen LogP contribution >= 0.6 is 35.6 Å². The second-order valence-electron chi connectivity index (χ2n) is 9.35. The van der Waals surface area contributed by atoms with Crippen LogP contribution in [0.15, 0.2) is 18.2 Å². The van der Waals surface area contributed by atoms with Crippen molar-refractivity contribution in [3.63, 3.8) is 0 Å². The number of hydrogen-bond donors (Lipinski definition) is 1. The third-order valence-corrected chi connectivity index (χ3v) is 7.13. The molecule has 0 radical (unpaired) electrons. The van der Waals surface area contributed by atoms with Crippen molar-refractivity contribution in [3.8, 4) is 0 Å². The maximum absolute atomic E-state index is 6.20. The Balaban J connectivity index is 0.00000961. The first kappa shape index (κ1) is 32.0. The van der Waals surface area contributed by atoms with Crippen LogP contribution in [0, 0.1) is 0 Å². The minimum Gasteiger partial charge on any atom is -0.310 e. The molecule has 0 spiro atoms. The van der Waals surface area contributed by atoms with Crippen LogP contribution < -0.4 is 5.32 Å². The largest absolute Gasteiger partial charge is 0.310 e. The van der Waals surface area contributed by atoms with Gasteiger partial charge in [0.15, 0.2) is 0 Å². The van der Waals surface area contributed by atoms with Crippen LogP contribution in [0.2, 0.25) is 10.0 Å². The highest BCUT2D eigenvalue weighted by Crippen LogP contribution is 2.23. The first-order valence-electron chi connectivity index (χ1n) is 13.3. The molecule has 1 aromatic carbocycles. The van der Waals surface area contributed by atoms with Crippen molar-refractivity contribution in [2.45, 2.75) is 142 Å². The molecule has 1 nitrogen and oxygen atoms in total. The summed E-state index contributed by atoms with van der Waals surface area (Å²) >= 11 is 12.3. The van der Waals surface area contributed by atoms with E-state index in [1.807, 2.05) is 12.1 Å². The Hall–Kier alpha value is 0.0500. The second-order valence-corrected chi connectivity index (χ2v) is 10.2. The first-order valence-corrected chi connectivity index (χ1v) is 14.1. The topological polar surface area (TPSA) is 12.0 Å². The van der Waals surface area contributed by atoms with E-state index in [4.69, 9.17) is 23.2 Å². The van der Waals surface area contributed by atoms with Gasteiger partial charge in [-0.15, -0.1) is 12.4 Å². The third kappa shape index (κ3) is 17.5. The molecule has 4 heteroatoms. The molecule has 0 aliphatic rings. The monoisotopic (exact) mass is 505 g/mol. The molecule has 0 atom stereocenters. The Morgan fingerprint density at radius 3 is 1.50 bits per heavy atom. The maximum Gasteiger partial charge on any atom is 0.0595 e. The van der Waals surface area contributed by atoms with Crippen LogP contribution in [0.4, 0.5) is 0 Å². The molecular formula is C28H50Cl3N. The van der Waals surface area contributed by atoms with Gasteiger partial charge in [0.05, 0.1) is 10.0 Å². The molecule has 1 N–H and O–H groups in total. The molecule has 1 aromatic rings. The highest BCUT2D eigenvalue weighted by atomic mass is 35.5. The molecule has 0 heterocycles. The molecule has 0 aliphatic carbocycles. The molecular weight excluding hydrogens is 457 g/mol. The van der Waals surface area contributed by atoms with Gasteiger partial charge in [0.1, 0.15) is 0 Å². The van der Waals surface area contributed by atoms with Gasteiger partial charge in [0.2, 0.25) is 0 Å². The number of benzene rings is 1. The molecule has 1 rings (SSSR count). The van der Waals surface area contributed by atoms with Crippen LogP contribution in [0.1, 0.15) is 135 Å². The van der Waals surface area contributed by atoms with Crippen molar-refractivity contribution in [1.82, 2.24) is 5.32 Å². The molecule has 0 amide bonds. The van der Waals surface area contributed by atoms with Gasteiger partial charge in [-0.3, -0.25) is 0 Å². The molecule has 32 heavy (non-hydrogen) atoms. The second kappa shape index (κ2) is 22.8. The van der Waals surface area contributed by atoms with Crippen molar-refractivity contribution in [3.05, 3.63) is 33.8 Å². The fourth-order valence-electron chi connectivity index (χ4n) is 4.31. The zero-order chi connectivity index (χ0) is 22.6. The summed E-state index contributed by atoms with van der Waals surface area (Å²) in [4.78, 5) is 0. The Bertz CT molecular complexity index is 515. The van der Waals surface area contributed by atoms with E-state index in [1.165, 1.54) is 121 Å². The summed E-state index contributed by atoms with van der Waals surface area (Å²) in [6.07, 6.45) is 24.9. The van der Waals surface area contributed by atoms with Gasteiger partial charge in [0, 0.05) is 12.6 Å². The molecule has 0 saturated heterocycles. The summed E-state index contributed by atoms with van der Waals surface area (Å²) in [5.41, 5.74) is 1.23. The molecule has 0 unspecified atom stereocenters. The van der Waals surface area contributed by atoms with Gasteiger partial charge in [-0.25, -0.2) is 0 Å². The minimum absolute atomic E-state index is 0. The van der Waals surface area contributed by atoms with Crippen LogP contribution in [0.3, 0.4) is 0 Å². The lowest BCUT2D eigenvalue weighted by atomic mass is 9.99. The Morgan fingerprint density at radius 1 is 0.625 bits per heavy atom. The lowest BCUT2D eigenvalue weighted by Gasteiger charge is -2.19. The number of unbranched alkanes of at least 4 members (excludes halogenated alkanes) is 14.